The van der Waals surface area contributed by atoms with Gasteiger partial charge in [0.05, 0.1) is 38.0 Å². The number of likely N-dealkylation sites (tertiary alicyclic amines) is 2. The molecule has 36 heavy (non-hydrogen) atoms. The van der Waals surface area contributed by atoms with Crippen molar-refractivity contribution in [3.8, 4) is 11.5 Å². The summed E-state index contributed by atoms with van der Waals surface area (Å²) >= 11 is 0. The Labute approximate surface area is 209 Å². The third kappa shape index (κ3) is 4.58. The molecule has 2 aliphatic rings. The Kier molecular flexibility index (Phi) is 7.42. The van der Waals surface area contributed by atoms with Crippen molar-refractivity contribution in [1.29, 1.82) is 0 Å². The number of ether oxygens (including phenoxy) is 3. The molecule has 1 unspecified atom stereocenters. The number of rotatable bonds is 6. The minimum atomic E-state index is -0.820. The molecule has 2 amide bonds. The summed E-state index contributed by atoms with van der Waals surface area (Å²) in [7, 11) is 2.96. The third-order valence-electron chi connectivity index (χ3n) is 6.55. The first kappa shape index (κ1) is 25.0. The van der Waals surface area contributed by atoms with Gasteiger partial charge in [0.25, 0.3) is 11.7 Å². The van der Waals surface area contributed by atoms with E-state index in [2.05, 4.69) is 4.98 Å². The number of ketones is 1. The van der Waals surface area contributed by atoms with Gasteiger partial charge >= 0.3 is 6.09 Å². The van der Waals surface area contributed by atoms with Crippen LogP contribution >= 0.6 is 0 Å². The van der Waals surface area contributed by atoms with Crippen molar-refractivity contribution in [2.24, 2.45) is 0 Å². The molecule has 2 saturated heterocycles. The van der Waals surface area contributed by atoms with Crippen LogP contribution in [0.1, 0.15) is 36.9 Å². The molecule has 2 aliphatic heterocycles. The number of hydrogen-bond donors (Lipinski definition) is 1. The number of hydrogen-bond acceptors (Lipinski definition) is 8. The maximum atomic E-state index is 13.4. The van der Waals surface area contributed by atoms with Crippen LogP contribution in [0.4, 0.5) is 4.79 Å². The lowest BCUT2D eigenvalue weighted by molar-refractivity contribution is -0.142. The van der Waals surface area contributed by atoms with E-state index in [-0.39, 0.29) is 29.5 Å². The van der Waals surface area contributed by atoms with E-state index in [9.17, 15) is 19.5 Å². The summed E-state index contributed by atoms with van der Waals surface area (Å²) in [5.41, 5.74) is 0.890. The van der Waals surface area contributed by atoms with Gasteiger partial charge in [-0.05, 0) is 49.6 Å². The van der Waals surface area contributed by atoms with Crippen molar-refractivity contribution in [2.75, 3.05) is 33.9 Å². The number of benzene rings is 1. The molecule has 1 aromatic heterocycles. The molecule has 3 heterocycles. The van der Waals surface area contributed by atoms with Crippen molar-refractivity contribution >= 4 is 23.5 Å². The van der Waals surface area contributed by atoms with Crippen LogP contribution in [0.2, 0.25) is 0 Å². The number of nitrogens with zero attached hydrogens (tertiary/aromatic N) is 3. The fourth-order valence-corrected chi connectivity index (χ4v) is 4.78. The van der Waals surface area contributed by atoms with Crippen LogP contribution in [0.15, 0.2) is 48.3 Å². The molecule has 190 valence electrons. The van der Waals surface area contributed by atoms with Crippen molar-refractivity contribution in [3.05, 3.63) is 59.4 Å². The summed E-state index contributed by atoms with van der Waals surface area (Å²) in [5.74, 6) is -0.987. The Hall–Kier alpha value is -4.08. The number of carbonyl (C=O) groups is 3. The number of aromatic nitrogens is 1. The zero-order valence-electron chi connectivity index (χ0n) is 20.5. The Bertz CT molecular complexity index is 1170. The first-order chi connectivity index (χ1) is 17.4. The standard InChI is InChI=1S/C26H29N3O7/c1-4-36-26(33)28-13-9-17(10-14-28)29-22(16-7-11-27-12-8-16)21(24(31)25(29)32)23(30)19-6-5-18(34-2)15-20(19)35-3/h5-8,11-12,15,17,22,30H,4,9-10,13-14H2,1-3H3/b23-21+. The second-order valence-electron chi connectivity index (χ2n) is 8.47. The highest BCUT2D eigenvalue weighted by Crippen LogP contribution is 2.43. The lowest BCUT2D eigenvalue weighted by Gasteiger charge is -2.38. The van der Waals surface area contributed by atoms with Gasteiger partial charge in [0.1, 0.15) is 17.3 Å². The first-order valence-electron chi connectivity index (χ1n) is 11.7. The molecule has 1 N–H and O–H groups in total. The Morgan fingerprint density at radius 2 is 1.78 bits per heavy atom. The summed E-state index contributed by atoms with van der Waals surface area (Å²) in [6.45, 7) is 2.81. The topological polar surface area (TPSA) is 119 Å². The van der Waals surface area contributed by atoms with Gasteiger partial charge < -0.3 is 29.1 Å². The summed E-state index contributed by atoms with van der Waals surface area (Å²) in [5, 5.41) is 11.4. The number of carbonyl (C=O) groups excluding carboxylic acids is 3. The second kappa shape index (κ2) is 10.7. The quantitative estimate of drug-likeness (QED) is 0.369. The van der Waals surface area contributed by atoms with Crippen LogP contribution in [0.3, 0.4) is 0 Å². The van der Waals surface area contributed by atoms with Crippen LogP contribution < -0.4 is 9.47 Å². The van der Waals surface area contributed by atoms with E-state index in [4.69, 9.17) is 14.2 Å². The monoisotopic (exact) mass is 495 g/mol. The Morgan fingerprint density at radius 3 is 2.39 bits per heavy atom. The van der Waals surface area contributed by atoms with Crippen LogP contribution in [-0.4, -0.2) is 77.6 Å². The van der Waals surface area contributed by atoms with Crippen LogP contribution in [0.25, 0.3) is 5.76 Å². The maximum Gasteiger partial charge on any atom is 0.409 e. The van der Waals surface area contributed by atoms with Crippen molar-refractivity contribution in [1.82, 2.24) is 14.8 Å². The Morgan fingerprint density at radius 1 is 1.08 bits per heavy atom. The molecule has 1 atom stereocenters. The molecular formula is C26H29N3O7. The Balaban J connectivity index is 1.75. The van der Waals surface area contributed by atoms with E-state index >= 15 is 0 Å². The van der Waals surface area contributed by atoms with Gasteiger partial charge in [-0.3, -0.25) is 14.6 Å². The number of piperidine rings is 1. The molecule has 10 heteroatoms. The van der Waals surface area contributed by atoms with Crippen molar-refractivity contribution < 1.29 is 33.7 Å². The summed E-state index contributed by atoms with van der Waals surface area (Å²) in [6.07, 6.45) is 3.70. The maximum absolute atomic E-state index is 13.4. The molecule has 0 bridgehead atoms. The average molecular weight is 496 g/mol. The minimum Gasteiger partial charge on any atom is -0.507 e. The van der Waals surface area contributed by atoms with E-state index in [1.807, 2.05) is 0 Å². The van der Waals surface area contributed by atoms with E-state index in [1.54, 1.807) is 54.5 Å². The van der Waals surface area contributed by atoms with Gasteiger partial charge in [0.2, 0.25) is 0 Å². The van der Waals surface area contributed by atoms with Crippen molar-refractivity contribution in [2.45, 2.75) is 31.8 Å². The normalized spacial score (nSPS) is 19.9. The molecule has 0 aliphatic carbocycles. The lowest BCUT2D eigenvalue weighted by Crippen LogP contribution is -2.48. The van der Waals surface area contributed by atoms with Gasteiger partial charge in [-0.2, -0.15) is 0 Å². The zero-order valence-corrected chi connectivity index (χ0v) is 20.5. The predicted octanol–water partition coefficient (Wildman–Crippen LogP) is 3.14. The molecule has 2 fully saturated rings. The third-order valence-corrected chi connectivity index (χ3v) is 6.55. The van der Waals surface area contributed by atoms with Gasteiger partial charge in [0.15, 0.2) is 0 Å². The highest BCUT2D eigenvalue weighted by molar-refractivity contribution is 6.46. The number of amides is 2. The van der Waals surface area contributed by atoms with Gasteiger partial charge in [-0.15, -0.1) is 0 Å². The molecule has 1 aromatic carbocycles. The summed E-state index contributed by atoms with van der Waals surface area (Å²) in [4.78, 5) is 46.0. The van der Waals surface area contributed by atoms with Gasteiger partial charge in [-0.25, -0.2) is 4.79 Å². The van der Waals surface area contributed by atoms with Gasteiger partial charge in [-0.1, -0.05) is 0 Å². The highest BCUT2D eigenvalue weighted by atomic mass is 16.6. The fourth-order valence-electron chi connectivity index (χ4n) is 4.78. The SMILES string of the molecule is CCOC(=O)N1CCC(N2C(=O)C(=O)/C(=C(/O)c3ccc(OC)cc3OC)C2c2ccncc2)CC1. The minimum absolute atomic E-state index is 0.0255. The van der Waals surface area contributed by atoms with Crippen molar-refractivity contribution in [3.63, 3.8) is 0 Å². The van der Waals surface area contributed by atoms with E-state index in [0.717, 1.165) is 0 Å². The fraction of sp³-hybridized carbons (Fsp3) is 0.385. The smallest absolute Gasteiger partial charge is 0.409 e. The first-order valence-corrected chi connectivity index (χ1v) is 11.7. The molecule has 0 saturated carbocycles. The predicted molar refractivity (Wildman–Crippen MR) is 130 cm³/mol. The number of aliphatic hydroxyl groups is 1. The largest absolute Gasteiger partial charge is 0.507 e. The van der Waals surface area contributed by atoms with E-state index in [0.29, 0.717) is 43.0 Å². The van der Waals surface area contributed by atoms with Gasteiger partial charge in [0, 0.05) is 37.6 Å². The second-order valence-corrected chi connectivity index (χ2v) is 8.47. The lowest BCUT2D eigenvalue weighted by atomic mass is 9.94. The van der Waals surface area contributed by atoms with Crippen LogP contribution in [0, 0.1) is 0 Å². The number of methoxy groups -OCH3 is 2. The molecule has 4 rings (SSSR count). The van der Waals surface area contributed by atoms with Crippen LogP contribution in [0.5, 0.6) is 11.5 Å². The van der Waals surface area contributed by atoms with Crippen LogP contribution in [-0.2, 0) is 14.3 Å². The summed E-state index contributed by atoms with van der Waals surface area (Å²) < 4.78 is 15.7. The highest BCUT2D eigenvalue weighted by Gasteiger charge is 2.49. The van der Waals surface area contributed by atoms with E-state index in [1.165, 1.54) is 19.1 Å². The summed E-state index contributed by atoms with van der Waals surface area (Å²) in [6, 6.07) is 7.12. The molecule has 10 nitrogen and oxygen atoms in total. The zero-order chi connectivity index (χ0) is 25.8. The number of pyridine rings is 1. The average Bonchev–Trinajstić information content (AvgIpc) is 3.18. The van der Waals surface area contributed by atoms with E-state index < -0.39 is 23.8 Å². The molecule has 2 aromatic rings. The number of aliphatic hydroxyl groups excluding tert-OH is 1. The molecular weight excluding hydrogens is 466 g/mol. The molecule has 0 spiro atoms. The number of Topliss-reactive ketones (excluding diaryl/α,β-unsaturated/α-hetero) is 1. The molecule has 0 radical (unpaired) electrons.